The van der Waals surface area contributed by atoms with Crippen LogP contribution in [0.15, 0.2) is 24.3 Å². The number of amides is 4. The Labute approximate surface area is 152 Å². The lowest BCUT2D eigenvalue weighted by Crippen LogP contribution is -2.55. The van der Waals surface area contributed by atoms with Crippen molar-refractivity contribution in [1.29, 1.82) is 0 Å². The van der Waals surface area contributed by atoms with Crippen LogP contribution in [0, 0.1) is 0 Å². The van der Waals surface area contributed by atoms with Crippen LogP contribution in [0.5, 0.6) is 5.75 Å². The maximum atomic E-state index is 12.7. The molecular formula is C18H24N4O4. The molecular weight excluding hydrogens is 336 g/mol. The van der Waals surface area contributed by atoms with E-state index in [9.17, 15) is 14.4 Å². The van der Waals surface area contributed by atoms with Crippen molar-refractivity contribution >= 4 is 17.8 Å². The van der Waals surface area contributed by atoms with Gasteiger partial charge >= 0.3 is 6.03 Å². The maximum Gasteiger partial charge on any atom is 0.315 e. The van der Waals surface area contributed by atoms with Crippen molar-refractivity contribution in [2.75, 3.05) is 39.8 Å². The predicted octanol–water partition coefficient (Wildman–Crippen LogP) is 0.523. The average Bonchev–Trinajstić information content (AvgIpc) is 3.17. The molecule has 140 valence electrons. The largest absolute Gasteiger partial charge is 0.497 e. The van der Waals surface area contributed by atoms with Gasteiger partial charge in [-0.1, -0.05) is 6.07 Å². The molecule has 0 aliphatic carbocycles. The molecule has 3 rings (SSSR count). The summed E-state index contributed by atoms with van der Waals surface area (Å²) in [6.07, 6.45) is 1.43. The molecule has 1 aromatic carbocycles. The second-order valence-corrected chi connectivity index (χ2v) is 6.54. The fourth-order valence-electron chi connectivity index (χ4n) is 3.57. The minimum absolute atomic E-state index is 0.0735. The SMILES string of the molecule is COc1cccc(C(=O)N2CCN(C(=O)C3CCCN3C(N)=O)CC2)c1. The molecule has 0 aromatic heterocycles. The Hall–Kier alpha value is -2.77. The van der Waals surface area contributed by atoms with E-state index in [2.05, 4.69) is 0 Å². The topological polar surface area (TPSA) is 96.2 Å². The van der Waals surface area contributed by atoms with E-state index in [4.69, 9.17) is 10.5 Å². The van der Waals surface area contributed by atoms with Crippen molar-refractivity contribution in [1.82, 2.24) is 14.7 Å². The van der Waals surface area contributed by atoms with E-state index in [1.54, 1.807) is 41.2 Å². The molecule has 2 aliphatic heterocycles. The number of hydrogen-bond acceptors (Lipinski definition) is 4. The van der Waals surface area contributed by atoms with Crippen LogP contribution >= 0.6 is 0 Å². The van der Waals surface area contributed by atoms with Gasteiger partial charge in [0.05, 0.1) is 7.11 Å². The van der Waals surface area contributed by atoms with Crippen LogP contribution in [0.4, 0.5) is 4.79 Å². The van der Waals surface area contributed by atoms with Gasteiger partial charge in [0.25, 0.3) is 5.91 Å². The third-order valence-electron chi connectivity index (χ3n) is 5.02. The zero-order chi connectivity index (χ0) is 18.7. The molecule has 2 heterocycles. The summed E-state index contributed by atoms with van der Waals surface area (Å²) in [7, 11) is 1.56. The van der Waals surface area contributed by atoms with Crippen LogP contribution in [0.25, 0.3) is 0 Å². The number of carbonyl (C=O) groups excluding carboxylic acids is 3. The minimum atomic E-state index is -0.548. The molecule has 8 nitrogen and oxygen atoms in total. The lowest BCUT2D eigenvalue weighted by Gasteiger charge is -2.37. The predicted molar refractivity (Wildman–Crippen MR) is 94.8 cm³/mol. The molecule has 1 aromatic rings. The van der Waals surface area contributed by atoms with Crippen molar-refractivity contribution in [3.8, 4) is 5.75 Å². The normalized spacial score (nSPS) is 20.2. The van der Waals surface area contributed by atoms with Crippen molar-refractivity contribution < 1.29 is 19.1 Å². The number of nitrogens with zero attached hydrogens (tertiary/aromatic N) is 3. The zero-order valence-corrected chi connectivity index (χ0v) is 14.9. The number of carbonyl (C=O) groups is 3. The number of methoxy groups -OCH3 is 1. The fraction of sp³-hybridized carbons (Fsp3) is 0.500. The fourth-order valence-corrected chi connectivity index (χ4v) is 3.57. The highest BCUT2D eigenvalue weighted by Gasteiger charge is 2.37. The summed E-state index contributed by atoms with van der Waals surface area (Å²) in [4.78, 5) is 41.7. The molecule has 2 saturated heterocycles. The summed E-state index contributed by atoms with van der Waals surface area (Å²) in [6.45, 7) is 2.37. The summed E-state index contributed by atoms with van der Waals surface area (Å²) in [5, 5.41) is 0. The van der Waals surface area contributed by atoms with E-state index < -0.39 is 12.1 Å². The van der Waals surface area contributed by atoms with E-state index in [-0.39, 0.29) is 11.8 Å². The van der Waals surface area contributed by atoms with Gasteiger partial charge in [0.1, 0.15) is 11.8 Å². The maximum absolute atomic E-state index is 12.7. The first-order valence-corrected chi connectivity index (χ1v) is 8.79. The number of rotatable bonds is 3. The van der Waals surface area contributed by atoms with E-state index in [1.165, 1.54) is 4.90 Å². The van der Waals surface area contributed by atoms with Crippen LogP contribution in [-0.4, -0.2) is 78.4 Å². The first-order chi connectivity index (χ1) is 12.5. The molecule has 8 heteroatoms. The van der Waals surface area contributed by atoms with Gasteiger partial charge in [-0.2, -0.15) is 0 Å². The van der Waals surface area contributed by atoms with Gasteiger partial charge in [0.15, 0.2) is 0 Å². The lowest BCUT2D eigenvalue weighted by atomic mass is 10.1. The monoisotopic (exact) mass is 360 g/mol. The summed E-state index contributed by atoms with van der Waals surface area (Å²) in [5.41, 5.74) is 5.93. The molecule has 0 spiro atoms. The smallest absolute Gasteiger partial charge is 0.315 e. The first-order valence-electron chi connectivity index (χ1n) is 8.79. The van der Waals surface area contributed by atoms with Gasteiger partial charge in [0, 0.05) is 38.3 Å². The molecule has 2 aliphatic rings. The Bertz CT molecular complexity index is 700. The van der Waals surface area contributed by atoms with E-state index >= 15 is 0 Å². The quantitative estimate of drug-likeness (QED) is 0.850. The van der Waals surface area contributed by atoms with Gasteiger partial charge in [-0.3, -0.25) is 9.59 Å². The number of hydrogen-bond donors (Lipinski definition) is 1. The van der Waals surface area contributed by atoms with Crippen LogP contribution in [-0.2, 0) is 4.79 Å². The third kappa shape index (κ3) is 3.58. The Morgan fingerprint density at radius 1 is 1.08 bits per heavy atom. The highest BCUT2D eigenvalue weighted by atomic mass is 16.5. The molecule has 1 atom stereocenters. The van der Waals surface area contributed by atoms with Gasteiger partial charge in [0.2, 0.25) is 5.91 Å². The van der Waals surface area contributed by atoms with Gasteiger partial charge < -0.3 is 25.2 Å². The van der Waals surface area contributed by atoms with Crippen LogP contribution in [0.1, 0.15) is 23.2 Å². The molecule has 2 N–H and O–H groups in total. The van der Waals surface area contributed by atoms with E-state index in [0.29, 0.717) is 50.5 Å². The molecule has 0 bridgehead atoms. The molecule has 0 saturated carbocycles. The van der Waals surface area contributed by atoms with Crippen molar-refractivity contribution in [2.45, 2.75) is 18.9 Å². The number of piperazine rings is 1. The number of primary amides is 1. The van der Waals surface area contributed by atoms with E-state index in [0.717, 1.165) is 6.42 Å². The second-order valence-electron chi connectivity index (χ2n) is 6.54. The summed E-state index contributed by atoms with van der Waals surface area (Å²) in [5.74, 6) is 0.489. The van der Waals surface area contributed by atoms with Crippen LogP contribution < -0.4 is 10.5 Å². The second kappa shape index (κ2) is 7.63. The Kier molecular flexibility index (Phi) is 5.29. The van der Waals surface area contributed by atoms with Gasteiger partial charge in [-0.25, -0.2) is 4.79 Å². The molecule has 2 fully saturated rings. The molecule has 4 amide bonds. The Morgan fingerprint density at radius 3 is 2.42 bits per heavy atom. The van der Waals surface area contributed by atoms with Crippen molar-refractivity contribution in [3.63, 3.8) is 0 Å². The number of urea groups is 1. The Morgan fingerprint density at radius 2 is 1.77 bits per heavy atom. The first kappa shape index (κ1) is 18.0. The highest BCUT2D eigenvalue weighted by Crippen LogP contribution is 2.20. The number of nitrogens with two attached hydrogens (primary N) is 1. The highest BCUT2D eigenvalue weighted by molar-refractivity contribution is 5.95. The summed E-state index contributed by atoms with van der Waals surface area (Å²) in [6, 6.07) is 6.03. The number of benzene rings is 1. The van der Waals surface area contributed by atoms with E-state index in [1.807, 2.05) is 0 Å². The Balaban J connectivity index is 1.59. The van der Waals surface area contributed by atoms with Crippen molar-refractivity contribution in [2.24, 2.45) is 5.73 Å². The van der Waals surface area contributed by atoms with Crippen molar-refractivity contribution in [3.05, 3.63) is 29.8 Å². The molecule has 1 unspecified atom stereocenters. The van der Waals surface area contributed by atoms with Gasteiger partial charge in [-0.05, 0) is 31.0 Å². The van der Waals surface area contributed by atoms with Crippen LogP contribution in [0.2, 0.25) is 0 Å². The molecule has 26 heavy (non-hydrogen) atoms. The summed E-state index contributed by atoms with van der Waals surface area (Å²) >= 11 is 0. The number of ether oxygens (including phenoxy) is 1. The summed E-state index contributed by atoms with van der Waals surface area (Å²) < 4.78 is 5.16. The van der Waals surface area contributed by atoms with Crippen LogP contribution in [0.3, 0.4) is 0 Å². The number of likely N-dealkylation sites (tertiary alicyclic amines) is 1. The minimum Gasteiger partial charge on any atom is -0.497 e. The standard InChI is InChI=1S/C18H24N4O4/c1-26-14-5-2-4-13(12-14)16(23)20-8-10-21(11-9-20)17(24)15-6-3-7-22(15)18(19)25/h2,4-5,12,15H,3,6-11H2,1H3,(H2,19,25). The average molecular weight is 360 g/mol. The van der Waals surface area contributed by atoms with Gasteiger partial charge in [-0.15, -0.1) is 0 Å². The third-order valence-corrected chi connectivity index (χ3v) is 5.02. The lowest BCUT2D eigenvalue weighted by molar-refractivity contribution is -0.136. The molecule has 0 radical (unpaired) electrons. The zero-order valence-electron chi connectivity index (χ0n) is 14.9.